The van der Waals surface area contributed by atoms with Crippen molar-refractivity contribution in [3.8, 4) is 0 Å². The van der Waals surface area contributed by atoms with E-state index in [0.717, 1.165) is 22.6 Å². The summed E-state index contributed by atoms with van der Waals surface area (Å²) in [5.74, 6) is 0. The first-order chi connectivity index (χ1) is 9.10. The summed E-state index contributed by atoms with van der Waals surface area (Å²) < 4.78 is 1.04. The highest BCUT2D eigenvalue weighted by molar-refractivity contribution is 9.10. The molecular weight excluding hydrogens is 324 g/mol. The normalized spacial score (nSPS) is 26.1. The molecule has 1 N–H and O–H groups in total. The molecule has 1 saturated heterocycles. The number of hydrogen-bond donors (Lipinski definition) is 1. The summed E-state index contributed by atoms with van der Waals surface area (Å²) in [4.78, 5) is 2.48. The Morgan fingerprint density at radius 2 is 2.11 bits per heavy atom. The van der Waals surface area contributed by atoms with Gasteiger partial charge in [-0.2, -0.15) is 0 Å². The monoisotopic (exact) mass is 342 g/mol. The molecule has 1 unspecified atom stereocenters. The lowest BCUT2D eigenvalue weighted by Crippen LogP contribution is -2.62. The molecule has 19 heavy (non-hydrogen) atoms. The summed E-state index contributed by atoms with van der Waals surface area (Å²) in [5, 5.41) is 4.62. The van der Waals surface area contributed by atoms with Gasteiger partial charge in [0.15, 0.2) is 0 Å². The first-order valence-electron chi connectivity index (χ1n) is 7.06. The van der Waals surface area contributed by atoms with Crippen molar-refractivity contribution < 1.29 is 0 Å². The van der Waals surface area contributed by atoms with E-state index >= 15 is 0 Å². The zero-order valence-electron chi connectivity index (χ0n) is 11.3. The number of anilines is 1. The van der Waals surface area contributed by atoms with Gasteiger partial charge in [-0.05, 0) is 38.0 Å². The molecule has 1 atom stereocenters. The Hall–Kier alpha value is -0.250. The summed E-state index contributed by atoms with van der Waals surface area (Å²) in [6, 6.07) is 6.70. The van der Waals surface area contributed by atoms with Crippen molar-refractivity contribution in [1.29, 1.82) is 0 Å². The van der Waals surface area contributed by atoms with Crippen LogP contribution in [0.3, 0.4) is 0 Å². The highest BCUT2D eigenvalue weighted by Gasteiger charge is 2.40. The fourth-order valence-corrected chi connectivity index (χ4v) is 4.22. The molecule has 0 radical (unpaired) electrons. The van der Waals surface area contributed by atoms with Crippen molar-refractivity contribution in [2.45, 2.75) is 44.2 Å². The molecule has 4 heteroatoms. The van der Waals surface area contributed by atoms with Crippen molar-refractivity contribution in [3.63, 3.8) is 0 Å². The van der Waals surface area contributed by atoms with Gasteiger partial charge in [0, 0.05) is 29.1 Å². The van der Waals surface area contributed by atoms with Crippen molar-refractivity contribution in [3.05, 3.63) is 27.7 Å². The number of nitrogens with one attached hydrogen (secondary N) is 1. The minimum atomic E-state index is 0.322. The van der Waals surface area contributed by atoms with Crippen LogP contribution >= 0.6 is 27.5 Å². The summed E-state index contributed by atoms with van der Waals surface area (Å²) in [7, 11) is 0. The molecular formula is C15H20BrClN2. The second-order valence-electron chi connectivity index (χ2n) is 5.94. The molecule has 3 rings (SSSR count). The van der Waals surface area contributed by atoms with E-state index < -0.39 is 0 Å². The highest BCUT2D eigenvalue weighted by atomic mass is 79.9. The lowest BCUT2D eigenvalue weighted by atomic mass is 9.92. The summed E-state index contributed by atoms with van der Waals surface area (Å²) in [5.41, 5.74) is 1.49. The van der Waals surface area contributed by atoms with Crippen molar-refractivity contribution in [1.82, 2.24) is 5.32 Å². The first-order valence-corrected chi connectivity index (χ1v) is 8.23. The van der Waals surface area contributed by atoms with Crippen LogP contribution < -0.4 is 10.2 Å². The number of halogens is 2. The summed E-state index contributed by atoms with van der Waals surface area (Å²) in [6.07, 6.45) is 5.29. The number of nitrogens with zero attached hydrogens (tertiary/aromatic N) is 1. The van der Waals surface area contributed by atoms with Crippen LogP contribution in [0.1, 0.15) is 32.6 Å². The van der Waals surface area contributed by atoms with Gasteiger partial charge in [-0.15, -0.1) is 0 Å². The average Bonchev–Trinajstić information content (AvgIpc) is 2.82. The molecule has 1 aromatic rings. The minimum absolute atomic E-state index is 0.322. The third-order valence-electron chi connectivity index (χ3n) is 4.56. The second-order valence-corrected chi connectivity index (χ2v) is 7.26. The zero-order valence-corrected chi connectivity index (χ0v) is 13.6. The van der Waals surface area contributed by atoms with Crippen LogP contribution in [0.25, 0.3) is 0 Å². The number of hydrogen-bond acceptors (Lipinski definition) is 2. The van der Waals surface area contributed by atoms with E-state index in [1.54, 1.807) is 0 Å². The average molecular weight is 344 g/mol. The second kappa shape index (κ2) is 5.27. The Bertz CT molecular complexity index is 471. The number of rotatable bonds is 1. The molecule has 1 aliphatic carbocycles. The molecule has 2 fully saturated rings. The van der Waals surface area contributed by atoms with Gasteiger partial charge in [0.05, 0.1) is 10.7 Å². The highest BCUT2D eigenvalue weighted by Crippen LogP contribution is 2.37. The van der Waals surface area contributed by atoms with Crippen molar-refractivity contribution >= 4 is 33.2 Å². The molecule has 0 aromatic heterocycles. The SMILES string of the molecule is CC1CNC2(CCCC2)CN1c1ccc(Br)cc1Cl. The van der Waals surface area contributed by atoms with Gasteiger partial charge < -0.3 is 10.2 Å². The quantitative estimate of drug-likeness (QED) is 0.821. The van der Waals surface area contributed by atoms with Crippen LogP contribution in [-0.4, -0.2) is 24.7 Å². The predicted molar refractivity (Wildman–Crippen MR) is 85.2 cm³/mol. The maximum absolute atomic E-state index is 6.43. The van der Waals surface area contributed by atoms with Crippen LogP contribution in [-0.2, 0) is 0 Å². The molecule has 1 aromatic carbocycles. The smallest absolute Gasteiger partial charge is 0.0650 e. The third kappa shape index (κ3) is 2.65. The maximum Gasteiger partial charge on any atom is 0.0650 e. The lowest BCUT2D eigenvalue weighted by molar-refractivity contribution is 0.276. The lowest BCUT2D eigenvalue weighted by Gasteiger charge is -2.46. The molecule has 2 nitrogen and oxygen atoms in total. The van der Waals surface area contributed by atoms with E-state index in [4.69, 9.17) is 11.6 Å². The van der Waals surface area contributed by atoms with Crippen LogP contribution in [0.5, 0.6) is 0 Å². The number of benzene rings is 1. The standard InChI is InChI=1S/C15H20BrClN2/c1-11-9-18-15(6-2-3-7-15)10-19(11)14-5-4-12(16)8-13(14)17/h4-5,8,11,18H,2-3,6-7,9-10H2,1H3. The summed E-state index contributed by atoms with van der Waals surface area (Å²) in [6.45, 7) is 4.40. The zero-order chi connectivity index (χ0) is 13.5. The molecule has 1 aliphatic heterocycles. The van der Waals surface area contributed by atoms with Gasteiger partial charge in [-0.25, -0.2) is 0 Å². The fourth-order valence-electron chi connectivity index (χ4n) is 3.44. The van der Waals surface area contributed by atoms with E-state index in [9.17, 15) is 0 Å². The Morgan fingerprint density at radius 1 is 1.37 bits per heavy atom. The maximum atomic E-state index is 6.43. The molecule has 1 saturated carbocycles. The number of piperazine rings is 1. The van der Waals surface area contributed by atoms with Gasteiger partial charge >= 0.3 is 0 Å². The van der Waals surface area contributed by atoms with Crippen LogP contribution in [0.4, 0.5) is 5.69 Å². The molecule has 104 valence electrons. The fraction of sp³-hybridized carbons (Fsp3) is 0.600. The largest absolute Gasteiger partial charge is 0.364 e. The van der Waals surface area contributed by atoms with Gasteiger partial charge in [0.1, 0.15) is 0 Å². The van der Waals surface area contributed by atoms with E-state index in [1.807, 2.05) is 6.07 Å². The summed E-state index contributed by atoms with van der Waals surface area (Å²) >= 11 is 9.91. The molecule has 1 heterocycles. The molecule has 0 amide bonds. The van der Waals surface area contributed by atoms with Gasteiger partial charge in [0.25, 0.3) is 0 Å². The topological polar surface area (TPSA) is 15.3 Å². The predicted octanol–water partition coefficient (Wildman–Crippen LogP) is 4.21. The Morgan fingerprint density at radius 3 is 2.79 bits per heavy atom. The van der Waals surface area contributed by atoms with E-state index in [2.05, 4.69) is 45.2 Å². The van der Waals surface area contributed by atoms with Crippen LogP contribution in [0.15, 0.2) is 22.7 Å². The van der Waals surface area contributed by atoms with Crippen LogP contribution in [0.2, 0.25) is 5.02 Å². The van der Waals surface area contributed by atoms with E-state index in [1.165, 1.54) is 31.4 Å². The molecule has 2 aliphatic rings. The van der Waals surface area contributed by atoms with E-state index in [0.29, 0.717) is 11.6 Å². The Labute approximate surface area is 128 Å². The van der Waals surface area contributed by atoms with Crippen LogP contribution in [0, 0.1) is 0 Å². The third-order valence-corrected chi connectivity index (χ3v) is 5.35. The van der Waals surface area contributed by atoms with Gasteiger partial charge in [0.2, 0.25) is 0 Å². The van der Waals surface area contributed by atoms with Gasteiger partial charge in [-0.3, -0.25) is 0 Å². The van der Waals surface area contributed by atoms with Crippen molar-refractivity contribution in [2.75, 3.05) is 18.0 Å². The van der Waals surface area contributed by atoms with Gasteiger partial charge in [-0.1, -0.05) is 40.4 Å². The molecule has 1 spiro atoms. The minimum Gasteiger partial charge on any atom is -0.364 e. The van der Waals surface area contributed by atoms with E-state index in [-0.39, 0.29) is 0 Å². The Balaban J connectivity index is 1.89. The Kier molecular flexibility index (Phi) is 3.80. The molecule has 0 bridgehead atoms. The first kappa shape index (κ1) is 13.7. The van der Waals surface area contributed by atoms with Crippen molar-refractivity contribution in [2.24, 2.45) is 0 Å².